The van der Waals surface area contributed by atoms with Crippen LogP contribution >= 0.6 is 0 Å². The highest BCUT2D eigenvalue weighted by Gasteiger charge is 2.40. The highest BCUT2D eigenvalue weighted by molar-refractivity contribution is 7.93. The predicted molar refractivity (Wildman–Crippen MR) is 164 cm³/mol. The van der Waals surface area contributed by atoms with Crippen LogP contribution in [0.5, 0.6) is 0 Å². The maximum absolute atomic E-state index is 13.2. The van der Waals surface area contributed by atoms with Gasteiger partial charge in [-0.05, 0) is 66.4 Å². The molecule has 2 aromatic carbocycles. The molecule has 4 atom stereocenters. The summed E-state index contributed by atoms with van der Waals surface area (Å²) in [7, 11) is -2.57. The van der Waals surface area contributed by atoms with Gasteiger partial charge in [-0.1, -0.05) is 32.0 Å². The summed E-state index contributed by atoms with van der Waals surface area (Å²) in [6, 6.07) is 17.0. The van der Waals surface area contributed by atoms with E-state index in [2.05, 4.69) is 53.8 Å². The summed E-state index contributed by atoms with van der Waals surface area (Å²) in [4.78, 5) is 1.90. The van der Waals surface area contributed by atoms with Crippen molar-refractivity contribution in [2.24, 2.45) is 7.05 Å². The van der Waals surface area contributed by atoms with Gasteiger partial charge in [-0.15, -0.1) is 0 Å². The number of aromatic nitrogens is 1. The molecule has 0 aliphatic carbocycles. The first-order chi connectivity index (χ1) is 20.1. The second kappa shape index (κ2) is 13.4. The lowest BCUT2D eigenvalue weighted by molar-refractivity contribution is -0.158. The Morgan fingerprint density at radius 3 is 2.38 bits per heavy atom. The van der Waals surface area contributed by atoms with Crippen molar-refractivity contribution in [3.05, 3.63) is 59.1 Å². The van der Waals surface area contributed by atoms with Crippen molar-refractivity contribution in [1.29, 1.82) is 5.26 Å². The molecule has 0 amide bonds. The second-order valence-electron chi connectivity index (χ2n) is 10.7. The van der Waals surface area contributed by atoms with Gasteiger partial charge in [0.05, 0.1) is 19.3 Å². The SMILES string of the molecule is CCCN(CCC)c1ccc2cc(-c3ccc(/C(C)=C(\C#N)S(=O)(=O)N[C@H]4CO[C@H](CO)[C@@H](O)[C@@H]4O)n3C)ccc2c1. The fourth-order valence-corrected chi connectivity index (χ4v) is 6.90. The zero-order valence-electron chi connectivity index (χ0n) is 24.5. The topological polar surface area (TPSA) is 148 Å². The number of fused-ring (bicyclic) bond motifs is 1. The van der Waals surface area contributed by atoms with Gasteiger partial charge in [-0.3, -0.25) is 0 Å². The third-order valence-electron chi connectivity index (χ3n) is 7.81. The second-order valence-corrected chi connectivity index (χ2v) is 12.4. The van der Waals surface area contributed by atoms with E-state index < -0.39 is 45.9 Å². The minimum atomic E-state index is -4.38. The van der Waals surface area contributed by atoms with Crippen LogP contribution in [0.2, 0.25) is 0 Å². The summed E-state index contributed by atoms with van der Waals surface area (Å²) in [5.74, 6) is 0. The summed E-state index contributed by atoms with van der Waals surface area (Å²) < 4.78 is 35.9. The van der Waals surface area contributed by atoms with Crippen molar-refractivity contribution in [3.8, 4) is 17.3 Å². The van der Waals surface area contributed by atoms with Crippen LogP contribution in [0, 0.1) is 11.3 Å². The number of nitrogens with one attached hydrogen (secondary N) is 1. The molecule has 3 aromatic rings. The number of ether oxygens (including phenoxy) is 1. The van der Waals surface area contributed by atoms with Crippen LogP contribution < -0.4 is 9.62 Å². The molecule has 226 valence electrons. The molecular weight excluding hydrogens is 556 g/mol. The smallest absolute Gasteiger partial charge is 0.251 e. The number of anilines is 1. The Kier molecular flexibility index (Phi) is 10.1. The van der Waals surface area contributed by atoms with Crippen LogP contribution in [-0.4, -0.2) is 79.0 Å². The van der Waals surface area contributed by atoms with Crippen LogP contribution in [0.15, 0.2) is 53.4 Å². The molecule has 0 spiro atoms. The van der Waals surface area contributed by atoms with E-state index >= 15 is 0 Å². The van der Waals surface area contributed by atoms with E-state index in [1.807, 2.05) is 23.7 Å². The maximum Gasteiger partial charge on any atom is 0.251 e. The number of hydrogen-bond donors (Lipinski definition) is 4. The highest BCUT2D eigenvalue weighted by Crippen LogP contribution is 2.31. The molecule has 10 nitrogen and oxygen atoms in total. The number of aliphatic hydroxyl groups is 3. The Balaban J connectivity index is 1.62. The molecule has 4 rings (SSSR count). The van der Waals surface area contributed by atoms with Gasteiger partial charge < -0.3 is 29.5 Å². The van der Waals surface area contributed by atoms with Gasteiger partial charge in [0.1, 0.15) is 24.4 Å². The van der Waals surface area contributed by atoms with Crippen LogP contribution in [0.4, 0.5) is 5.69 Å². The molecule has 4 N–H and O–H groups in total. The lowest BCUT2D eigenvalue weighted by atomic mass is 9.99. The molecule has 1 fully saturated rings. The van der Waals surface area contributed by atoms with Gasteiger partial charge in [0.2, 0.25) is 0 Å². The van der Waals surface area contributed by atoms with Gasteiger partial charge in [0.25, 0.3) is 10.0 Å². The van der Waals surface area contributed by atoms with Crippen molar-refractivity contribution in [2.45, 2.75) is 58.0 Å². The molecule has 42 heavy (non-hydrogen) atoms. The molecule has 0 saturated carbocycles. The number of benzene rings is 2. The zero-order chi connectivity index (χ0) is 30.6. The molecule has 1 saturated heterocycles. The third kappa shape index (κ3) is 6.39. The Morgan fingerprint density at radius 1 is 1.07 bits per heavy atom. The Hall–Kier alpha value is -3.24. The summed E-state index contributed by atoms with van der Waals surface area (Å²) in [6.45, 7) is 7.14. The van der Waals surface area contributed by atoms with Crippen molar-refractivity contribution in [3.63, 3.8) is 0 Å². The lowest BCUT2D eigenvalue weighted by Gasteiger charge is -2.36. The molecule has 1 aromatic heterocycles. The van der Waals surface area contributed by atoms with E-state index in [0.29, 0.717) is 5.69 Å². The Morgan fingerprint density at radius 2 is 1.74 bits per heavy atom. The Bertz CT molecular complexity index is 1590. The first-order valence-corrected chi connectivity index (χ1v) is 15.7. The van der Waals surface area contributed by atoms with Crippen LogP contribution in [0.25, 0.3) is 27.6 Å². The van der Waals surface area contributed by atoms with Gasteiger partial charge in [0, 0.05) is 42.8 Å². The zero-order valence-corrected chi connectivity index (χ0v) is 25.3. The van der Waals surface area contributed by atoms with E-state index in [-0.39, 0.29) is 12.2 Å². The summed E-state index contributed by atoms with van der Waals surface area (Å²) in [6.07, 6.45) is -1.86. The van der Waals surface area contributed by atoms with Crippen LogP contribution in [0.1, 0.15) is 39.3 Å². The van der Waals surface area contributed by atoms with Gasteiger partial charge in [0.15, 0.2) is 4.91 Å². The first kappa shape index (κ1) is 31.7. The number of nitrogens with zero attached hydrogens (tertiary/aromatic N) is 3. The number of hydrogen-bond acceptors (Lipinski definition) is 8. The third-order valence-corrected chi connectivity index (χ3v) is 9.36. The summed E-state index contributed by atoms with van der Waals surface area (Å²) >= 11 is 0. The standard InChI is InChI=1S/C31H40N4O6S/c1-5-13-35(14-6-2)24-10-9-21-15-23(8-7-22(21)16-24)27-12-11-26(34(27)4)20(3)29(17-32)42(39,40)33-25-19-41-28(18-36)31(38)30(25)37/h7-12,15-16,25,28,30-31,33,36-38H,5-6,13-14,18-19H2,1-4H3/b29-20+/t25-,28+,30+,31+/m0/s1. The van der Waals surface area contributed by atoms with Gasteiger partial charge in [-0.25, -0.2) is 13.1 Å². The lowest BCUT2D eigenvalue weighted by Crippen LogP contribution is -2.59. The van der Waals surface area contributed by atoms with Crippen LogP contribution in [-0.2, 0) is 21.8 Å². The number of nitriles is 1. The number of aliphatic hydroxyl groups excluding tert-OH is 3. The molecular formula is C31H40N4O6S. The molecule has 11 heteroatoms. The average molecular weight is 597 g/mol. The van der Waals surface area contributed by atoms with Crippen molar-refractivity contribution >= 4 is 32.1 Å². The fraction of sp³-hybridized carbons (Fsp3) is 0.452. The molecule has 0 unspecified atom stereocenters. The van der Waals surface area contributed by atoms with E-state index in [1.54, 1.807) is 19.1 Å². The molecule has 1 aliphatic heterocycles. The predicted octanol–water partition coefficient (Wildman–Crippen LogP) is 3.13. The largest absolute Gasteiger partial charge is 0.394 e. The van der Waals surface area contributed by atoms with Crippen molar-refractivity contribution in [2.75, 3.05) is 31.2 Å². The summed E-state index contributed by atoms with van der Waals surface area (Å²) in [5, 5.41) is 41.9. The quantitative estimate of drug-likeness (QED) is 0.247. The Labute approximate surface area is 247 Å². The van der Waals surface area contributed by atoms with Crippen molar-refractivity contribution < 1.29 is 28.5 Å². The van der Waals surface area contributed by atoms with Crippen LogP contribution in [0.3, 0.4) is 0 Å². The normalized spacial score (nSPS) is 21.7. The van der Waals surface area contributed by atoms with E-state index in [9.17, 15) is 29.0 Å². The van der Waals surface area contributed by atoms with Gasteiger partial charge in [-0.2, -0.15) is 5.26 Å². The minimum absolute atomic E-state index is 0.233. The first-order valence-electron chi connectivity index (χ1n) is 14.2. The minimum Gasteiger partial charge on any atom is -0.394 e. The van der Waals surface area contributed by atoms with Crippen molar-refractivity contribution in [1.82, 2.24) is 9.29 Å². The highest BCUT2D eigenvalue weighted by atomic mass is 32.2. The number of sulfonamides is 1. The number of allylic oxidation sites excluding steroid dienone is 2. The van der Waals surface area contributed by atoms with E-state index in [4.69, 9.17) is 4.74 Å². The average Bonchev–Trinajstić information content (AvgIpc) is 3.36. The molecule has 0 bridgehead atoms. The van der Waals surface area contributed by atoms with Gasteiger partial charge >= 0.3 is 0 Å². The number of rotatable bonds is 11. The molecule has 2 heterocycles. The van der Waals surface area contributed by atoms with E-state index in [0.717, 1.165) is 48.0 Å². The summed E-state index contributed by atoms with van der Waals surface area (Å²) in [5.41, 5.74) is 3.78. The van der Waals surface area contributed by atoms with E-state index in [1.165, 1.54) is 5.69 Å². The molecule has 0 radical (unpaired) electrons. The maximum atomic E-state index is 13.2. The fourth-order valence-electron chi connectivity index (χ4n) is 5.54. The monoisotopic (exact) mass is 596 g/mol. The molecule has 1 aliphatic rings.